The van der Waals surface area contributed by atoms with E-state index in [0.717, 1.165) is 0 Å². The van der Waals surface area contributed by atoms with Crippen LogP contribution in [-0.4, -0.2) is 40.7 Å². The van der Waals surface area contributed by atoms with E-state index in [9.17, 15) is 19.8 Å². The maximum Gasteiger partial charge on any atom is 0.308 e. The molecule has 3 N–H and O–H groups in total. The van der Waals surface area contributed by atoms with E-state index in [1.165, 1.54) is 13.3 Å². The number of H-pyrrole nitrogens is 1. The summed E-state index contributed by atoms with van der Waals surface area (Å²) < 4.78 is 4.45. The Hall–Kier alpha value is -2.18. The van der Waals surface area contributed by atoms with Gasteiger partial charge in [-0.1, -0.05) is 12.1 Å². The molecule has 6 heteroatoms. The van der Waals surface area contributed by atoms with Gasteiger partial charge in [0.25, 0.3) is 0 Å². The van der Waals surface area contributed by atoms with Crippen molar-refractivity contribution in [2.75, 3.05) is 7.11 Å². The third-order valence-corrected chi connectivity index (χ3v) is 3.18. The van der Waals surface area contributed by atoms with Crippen LogP contribution in [0.5, 0.6) is 0 Å². The summed E-state index contributed by atoms with van der Waals surface area (Å²) in [6.07, 6.45) is -0.716. The molecule has 1 aromatic carbocycles. The van der Waals surface area contributed by atoms with Gasteiger partial charge in [-0.15, -0.1) is 0 Å². The van der Waals surface area contributed by atoms with Gasteiger partial charge in [0.2, 0.25) is 0 Å². The van der Waals surface area contributed by atoms with Crippen molar-refractivity contribution in [1.29, 1.82) is 0 Å². The minimum Gasteiger partial charge on any atom is -0.469 e. The number of rotatable bonds is 5. The van der Waals surface area contributed by atoms with E-state index in [1.54, 1.807) is 18.2 Å². The minimum absolute atomic E-state index is 0.325. The molecule has 0 bridgehead atoms. The van der Waals surface area contributed by atoms with Crippen molar-refractivity contribution in [3.8, 4) is 0 Å². The number of fused-ring (bicyclic) bond motifs is 1. The smallest absolute Gasteiger partial charge is 0.308 e. The lowest BCUT2D eigenvalue weighted by Gasteiger charge is -2.18. The molecule has 1 heterocycles. The van der Waals surface area contributed by atoms with Crippen LogP contribution in [0.4, 0.5) is 0 Å². The molecule has 0 aliphatic rings. The highest BCUT2D eigenvalue weighted by molar-refractivity contribution is 5.99. The van der Waals surface area contributed by atoms with Gasteiger partial charge in [0.05, 0.1) is 19.6 Å². The van der Waals surface area contributed by atoms with Gasteiger partial charge in [0.15, 0.2) is 6.29 Å². The Morgan fingerprint density at radius 3 is 2.85 bits per heavy atom. The first-order chi connectivity index (χ1) is 9.58. The molecule has 0 radical (unpaired) electrons. The monoisotopic (exact) mass is 277 g/mol. The number of carbonyl (C=O) groups excluding carboxylic acids is 2. The molecule has 2 aromatic rings. The number of aliphatic hydroxyl groups is 2. The number of aromatic nitrogens is 1. The highest BCUT2D eigenvalue weighted by atomic mass is 16.5. The zero-order valence-corrected chi connectivity index (χ0v) is 10.9. The largest absolute Gasteiger partial charge is 0.469 e. The lowest BCUT2D eigenvalue weighted by molar-refractivity contribution is -0.144. The summed E-state index contributed by atoms with van der Waals surface area (Å²) in [5, 5.41) is 20.6. The number of hydrogen-bond donors (Lipinski definition) is 3. The second-order valence-electron chi connectivity index (χ2n) is 4.42. The maximum absolute atomic E-state index is 11.1. The zero-order valence-electron chi connectivity index (χ0n) is 10.9. The average Bonchev–Trinajstić information content (AvgIpc) is 2.89. The van der Waals surface area contributed by atoms with Crippen LogP contribution in [0.2, 0.25) is 0 Å². The van der Waals surface area contributed by atoms with Crippen LogP contribution in [0.3, 0.4) is 0 Å². The van der Waals surface area contributed by atoms with Crippen molar-refractivity contribution in [1.82, 2.24) is 4.98 Å². The van der Waals surface area contributed by atoms with E-state index < -0.39 is 18.2 Å². The van der Waals surface area contributed by atoms with Gasteiger partial charge < -0.3 is 19.9 Å². The summed E-state index contributed by atoms with van der Waals surface area (Å²) >= 11 is 0. The Balaban J connectivity index is 2.38. The summed E-state index contributed by atoms with van der Waals surface area (Å²) in [6, 6.07) is 5.05. The van der Waals surface area contributed by atoms with Crippen molar-refractivity contribution in [2.45, 2.75) is 18.6 Å². The number of benzene rings is 1. The summed E-state index contributed by atoms with van der Waals surface area (Å²) in [4.78, 5) is 25.1. The van der Waals surface area contributed by atoms with Crippen molar-refractivity contribution >= 4 is 23.2 Å². The minimum atomic E-state index is -1.30. The molecule has 20 heavy (non-hydrogen) atoms. The summed E-state index contributed by atoms with van der Waals surface area (Å²) in [5.41, 5.74) is 1.45. The molecule has 0 fully saturated rings. The van der Waals surface area contributed by atoms with E-state index in [1.807, 2.05) is 0 Å². The number of methoxy groups -OCH3 is 1. The van der Waals surface area contributed by atoms with Gasteiger partial charge in [-0.05, 0) is 11.6 Å². The Morgan fingerprint density at radius 1 is 1.45 bits per heavy atom. The number of esters is 1. The molecule has 2 unspecified atom stereocenters. The molecular formula is C14H15NO5. The van der Waals surface area contributed by atoms with E-state index in [-0.39, 0.29) is 6.42 Å². The predicted octanol–water partition coefficient (Wildman–Crippen LogP) is 0.938. The quantitative estimate of drug-likeness (QED) is 0.558. The normalized spacial score (nSPS) is 13.9. The third kappa shape index (κ3) is 2.56. The van der Waals surface area contributed by atoms with Crippen LogP contribution in [0.1, 0.15) is 28.4 Å². The van der Waals surface area contributed by atoms with Crippen molar-refractivity contribution < 1.29 is 24.5 Å². The summed E-state index contributed by atoms with van der Waals surface area (Å²) in [6.45, 7) is 0. The molecular weight excluding hydrogens is 262 g/mol. The first-order valence-electron chi connectivity index (χ1n) is 6.06. The Labute approximate surface area is 115 Å². The second-order valence-corrected chi connectivity index (χ2v) is 4.42. The maximum atomic E-state index is 11.1. The highest BCUT2D eigenvalue weighted by Crippen LogP contribution is 2.29. The first kappa shape index (κ1) is 14.2. The number of aldehydes is 1. The highest BCUT2D eigenvalue weighted by Gasteiger charge is 2.24. The number of aliphatic hydroxyl groups excluding tert-OH is 2. The molecule has 1 aromatic heterocycles. The second kappa shape index (κ2) is 5.85. The van der Waals surface area contributed by atoms with Crippen LogP contribution >= 0.6 is 0 Å². The van der Waals surface area contributed by atoms with Gasteiger partial charge in [-0.2, -0.15) is 0 Å². The van der Waals surface area contributed by atoms with E-state index in [4.69, 9.17) is 0 Å². The van der Waals surface area contributed by atoms with Gasteiger partial charge in [0.1, 0.15) is 6.10 Å². The van der Waals surface area contributed by atoms with Gasteiger partial charge >= 0.3 is 5.97 Å². The fourth-order valence-corrected chi connectivity index (χ4v) is 2.15. The summed E-state index contributed by atoms with van der Waals surface area (Å²) in [5.74, 6) is -0.617. The average molecular weight is 277 g/mol. The van der Waals surface area contributed by atoms with E-state index in [2.05, 4.69) is 9.72 Å². The number of aromatic amines is 1. The Kier molecular flexibility index (Phi) is 4.16. The van der Waals surface area contributed by atoms with E-state index in [0.29, 0.717) is 28.3 Å². The number of nitrogens with one attached hydrogen (secondary N) is 1. The zero-order chi connectivity index (χ0) is 14.7. The predicted molar refractivity (Wildman–Crippen MR) is 71.3 cm³/mol. The van der Waals surface area contributed by atoms with Crippen molar-refractivity contribution in [3.05, 3.63) is 35.5 Å². The van der Waals surface area contributed by atoms with Gasteiger partial charge in [0, 0.05) is 22.7 Å². The lowest BCUT2D eigenvalue weighted by atomic mass is 9.97. The van der Waals surface area contributed by atoms with Crippen molar-refractivity contribution in [2.24, 2.45) is 0 Å². The molecule has 0 saturated carbocycles. The van der Waals surface area contributed by atoms with Crippen molar-refractivity contribution in [3.63, 3.8) is 0 Å². The topological polar surface area (TPSA) is 99.6 Å². The number of ether oxygens (including phenoxy) is 1. The third-order valence-electron chi connectivity index (χ3n) is 3.18. The summed E-state index contributed by atoms with van der Waals surface area (Å²) in [7, 11) is 1.21. The fraction of sp³-hybridized carbons (Fsp3) is 0.286. The van der Waals surface area contributed by atoms with E-state index >= 15 is 0 Å². The molecule has 6 nitrogen and oxygen atoms in total. The molecule has 2 rings (SSSR count). The Bertz CT molecular complexity index is 634. The standard InChI is InChI=1S/C14H15NO5/c1-20-12(18)5-11(17)14(19)9-3-2-4-10-13(9)8(7-16)6-15-10/h2-4,6-7,11,14-15,17,19H,5H2,1H3. The van der Waals surface area contributed by atoms with Gasteiger partial charge in [-0.25, -0.2) is 0 Å². The Morgan fingerprint density at radius 2 is 2.20 bits per heavy atom. The molecule has 0 saturated heterocycles. The fourth-order valence-electron chi connectivity index (χ4n) is 2.15. The van der Waals surface area contributed by atoms with Crippen LogP contribution < -0.4 is 0 Å². The molecule has 2 atom stereocenters. The number of carbonyl (C=O) groups is 2. The van der Waals surface area contributed by atoms with Crippen LogP contribution in [-0.2, 0) is 9.53 Å². The van der Waals surface area contributed by atoms with Crippen LogP contribution in [0.25, 0.3) is 10.9 Å². The SMILES string of the molecule is COC(=O)CC(O)C(O)c1cccc2[nH]cc(C=O)c12. The molecule has 106 valence electrons. The van der Waals surface area contributed by atoms with Gasteiger partial charge in [-0.3, -0.25) is 9.59 Å². The molecule has 0 spiro atoms. The van der Waals surface area contributed by atoms with Crippen LogP contribution in [0.15, 0.2) is 24.4 Å². The molecule has 0 amide bonds. The lowest BCUT2D eigenvalue weighted by Crippen LogP contribution is -2.22. The first-order valence-corrected chi connectivity index (χ1v) is 6.06. The number of hydrogen-bond acceptors (Lipinski definition) is 5. The molecule has 0 aliphatic heterocycles. The van der Waals surface area contributed by atoms with Crippen LogP contribution in [0, 0.1) is 0 Å². The molecule has 0 aliphatic carbocycles.